The van der Waals surface area contributed by atoms with Gasteiger partial charge in [0.25, 0.3) is 0 Å². The lowest BCUT2D eigenvalue weighted by Crippen LogP contribution is -2.45. The van der Waals surface area contributed by atoms with E-state index in [1.807, 2.05) is 22.7 Å². The second-order valence-corrected chi connectivity index (χ2v) is 10.3. The average Bonchev–Trinajstić information content (AvgIpc) is 3.35. The van der Waals surface area contributed by atoms with Gasteiger partial charge in [-0.05, 0) is 54.5 Å². The van der Waals surface area contributed by atoms with Gasteiger partial charge in [-0.25, -0.2) is 19.3 Å². The second kappa shape index (κ2) is 9.90. The summed E-state index contributed by atoms with van der Waals surface area (Å²) in [6.07, 6.45) is 7.81. The van der Waals surface area contributed by atoms with Crippen LogP contribution in [-0.4, -0.2) is 56.6 Å². The number of hydrogen-bond donors (Lipinski definition) is 2. The SMILES string of the molecule is NC1CCC(N)(c2ncc(F)c(-c3cnc4ccc(-c5ccc(CN6CCOCC6)cc5)cn34)n2)CC1. The highest BCUT2D eigenvalue weighted by molar-refractivity contribution is 5.68. The number of hydrogen-bond acceptors (Lipinski definition) is 7. The maximum Gasteiger partial charge on any atom is 0.169 e. The van der Waals surface area contributed by atoms with Crippen LogP contribution < -0.4 is 11.5 Å². The van der Waals surface area contributed by atoms with Crippen molar-refractivity contribution in [2.75, 3.05) is 26.3 Å². The topological polar surface area (TPSA) is 108 Å². The molecule has 37 heavy (non-hydrogen) atoms. The number of nitrogens with two attached hydrogens (primary N) is 2. The molecule has 2 aliphatic rings. The van der Waals surface area contributed by atoms with Crippen LogP contribution in [0.25, 0.3) is 28.2 Å². The molecule has 4 N–H and O–H groups in total. The Bertz CT molecular complexity index is 1390. The van der Waals surface area contributed by atoms with Crippen LogP contribution in [0.2, 0.25) is 0 Å². The molecule has 0 radical (unpaired) electrons. The van der Waals surface area contributed by atoms with Gasteiger partial charge in [-0.1, -0.05) is 24.3 Å². The number of ether oxygens (including phenoxy) is 1. The molecular formula is C28H32FN7O. The van der Waals surface area contributed by atoms with E-state index in [-0.39, 0.29) is 11.7 Å². The van der Waals surface area contributed by atoms with Crippen molar-refractivity contribution < 1.29 is 9.13 Å². The molecule has 1 saturated carbocycles. The van der Waals surface area contributed by atoms with E-state index in [0.717, 1.165) is 56.8 Å². The molecule has 6 rings (SSSR count). The Morgan fingerprint density at radius 2 is 1.70 bits per heavy atom. The van der Waals surface area contributed by atoms with Gasteiger partial charge in [0.15, 0.2) is 5.82 Å². The van der Waals surface area contributed by atoms with Crippen LogP contribution in [0, 0.1) is 5.82 Å². The van der Waals surface area contributed by atoms with Gasteiger partial charge in [0, 0.05) is 31.9 Å². The normalized spacial score (nSPS) is 22.9. The van der Waals surface area contributed by atoms with E-state index >= 15 is 4.39 Å². The van der Waals surface area contributed by atoms with Crippen molar-refractivity contribution in [2.24, 2.45) is 11.5 Å². The van der Waals surface area contributed by atoms with Crippen molar-refractivity contribution in [1.29, 1.82) is 0 Å². The first-order valence-corrected chi connectivity index (χ1v) is 12.9. The minimum absolute atomic E-state index is 0.141. The number of aromatic nitrogens is 4. The number of rotatable bonds is 5. The summed E-state index contributed by atoms with van der Waals surface area (Å²) in [7, 11) is 0. The fourth-order valence-electron chi connectivity index (χ4n) is 5.31. The second-order valence-electron chi connectivity index (χ2n) is 10.3. The molecule has 2 fully saturated rings. The Balaban J connectivity index is 1.30. The van der Waals surface area contributed by atoms with E-state index in [1.54, 1.807) is 6.20 Å². The molecular weight excluding hydrogens is 469 g/mol. The van der Waals surface area contributed by atoms with Crippen LogP contribution >= 0.6 is 0 Å². The summed E-state index contributed by atoms with van der Waals surface area (Å²) in [5.74, 6) is -0.0442. The van der Waals surface area contributed by atoms with E-state index < -0.39 is 11.4 Å². The third-order valence-electron chi connectivity index (χ3n) is 7.66. The van der Waals surface area contributed by atoms with Gasteiger partial charge >= 0.3 is 0 Å². The minimum atomic E-state index is -0.701. The molecule has 1 aromatic carbocycles. The average molecular weight is 502 g/mol. The number of halogens is 1. The van der Waals surface area contributed by atoms with Crippen LogP contribution in [0.4, 0.5) is 4.39 Å². The smallest absolute Gasteiger partial charge is 0.169 e. The largest absolute Gasteiger partial charge is 0.379 e. The zero-order valence-corrected chi connectivity index (χ0v) is 20.8. The van der Waals surface area contributed by atoms with E-state index in [2.05, 4.69) is 44.1 Å². The fourth-order valence-corrected chi connectivity index (χ4v) is 5.31. The number of pyridine rings is 1. The lowest BCUT2D eigenvalue weighted by atomic mass is 9.80. The van der Waals surface area contributed by atoms with Crippen LogP contribution in [0.15, 0.2) is 55.0 Å². The highest BCUT2D eigenvalue weighted by Gasteiger charge is 2.35. The van der Waals surface area contributed by atoms with Crippen LogP contribution in [0.5, 0.6) is 0 Å². The maximum atomic E-state index is 15.0. The van der Waals surface area contributed by atoms with Gasteiger partial charge in [-0.2, -0.15) is 0 Å². The summed E-state index contributed by atoms with van der Waals surface area (Å²) < 4.78 is 22.4. The third-order valence-corrected chi connectivity index (χ3v) is 7.66. The van der Waals surface area contributed by atoms with E-state index in [1.165, 1.54) is 11.8 Å². The Labute approximate surface area is 215 Å². The van der Waals surface area contributed by atoms with Crippen molar-refractivity contribution in [3.8, 4) is 22.5 Å². The maximum absolute atomic E-state index is 15.0. The molecule has 9 heteroatoms. The molecule has 8 nitrogen and oxygen atoms in total. The zero-order valence-electron chi connectivity index (χ0n) is 20.8. The Hall–Kier alpha value is -3.24. The molecule has 0 atom stereocenters. The minimum Gasteiger partial charge on any atom is -0.379 e. The summed E-state index contributed by atoms with van der Waals surface area (Å²) in [6, 6.07) is 12.7. The molecule has 4 heterocycles. The van der Waals surface area contributed by atoms with Crippen LogP contribution in [0.1, 0.15) is 37.1 Å². The van der Waals surface area contributed by atoms with Crippen molar-refractivity contribution in [1.82, 2.24) is 24.3 Å². The van der Waals surface area contributed by atoms with Crippen molar-refractivity contribution in [3.05, 3.63) is 72.2 Å². The molecule has 192 valence electrons. The first-order valence-electron chi connectivity index (χ1n) is 12.9. The Kier molecular flexibility index (Phi) is 6.46. The summed E-state index contributed by atoms with van der Waals surface area (Å²) in [4.78, 5) is 15.8. The molecule has 1 aliphatic heterocycles. The molecule has 4 aromatic rings. The molecule has 1 saturated heterocycles. The van der Waals surface area contributed by atoms with Gasteiger partial charge in [0.05, 0.1) is 36.8 Å². The Morgan fingerprint density at radius 3 is 2.46 bits per heavy atom. The summed E-state index contributed by atoms with van der Waals surface area (Å²) in [6.45, 7) is 4.42. The molecule has 1 aliphatic carbocycles. The van der Waals surface area contributed by atoms with Crippen molar-refractivity contribution in [2.45, 2.75) is 43.8 Å². The standard InChI is InChI=1S/C28H32FN7O/c29-23-15-33-27(28(31)9-7-22(30)8-10-28)34-26(23)24-16-32-25-6-5-21(18-36(24)25)20-3-1-19(2-4-20)17-35-11-13-37-14-12-35/h1-6,15-16,18,22H,7-14,17,30-31H2. The Morgan fingerprint density at radius 1 is 0.973 bits per heavy atom. The highest BCUT2D eigenvalue weighted by Crippen LogP contribution is 2.34. The molecule has 3 aromatic heterocycles. The first kappa shape index (κ1) is 24.1. The summed E-state index contributed by atoms with van der Waals surface area (Å²) in [5, 5.41) is 0. The summed E-state index contributed by atoms with van der Waals surface area (Å²) in [5.41, 5.74) is 16.9. The molecule has 0 amide bonds. The van der Waals surface area contributed by atoms with Crippen LogP contribution in [0.3, 0.4) is 0 Å². The number of benzene rings is 1. The first-order chi connectivity index (χ1) is 18.0. The monoisotopic (exact) mass is 501 g/mol. The van der Waals surface area contributed by atoms with Gasteiger partial charge in [0.2, 0.25) is 0 Å². The number of fused-ring (bicyclic) bond motifs is 1. The molecule has 0 bridgehead atoms. The third kappa shape index (κ3) is 4.87. The van der Waals surface area contributed by atoms with E-state index in [9.17, 15) is 0 Å². The highest BCUT2D eigenvalue weighted by atomic mass is 19.1. The molecule has 0 unspecified atom stereocenters. The van der Waals surface area contributed by atoms with Gasteiger partial charge in [-0.3, -0.25) is 9.30 Å². The van der Waals surface area contributed by atoms with Crippen molar-refractivity contribution >= 4 is 5.65 Å². The lowest BCUT2D eigenvalue weighted by Gasteiger charge is -2.34. The zero-order chi connectivity index (χ0) is 25.4. The predicted molar refractivity (Wildman–Crippen MR) is 140 cm³/mol. The van der Waals surface area contributed by atoms with Crippen LogP contribution in [-0.2, 0) is 16.8 Å². The van der Waals surface area contributed by atoms with Crippen molar-refractivity contribution in [3.63, 3.8) is 0 Å². The lowest BCUT2D eigenvalue weighted by molar-refractivity contribution is 0.0342. The van der Waals surface area contributed by atoms with E-state index in [0.29, 0.717) is 30.0 Å². The van der Waals surface area contributed by atoms with Gasteiger partial charge in [0.1, 0.15) is 17.2 Å². The summed E-state index contributed by atoms with van der Waals surface area (Å²) >= 11 is 0. The number of imidazole rings is 1. The number of nitrogens with zero attached hydrogens (tertiary/aromatic N) is 5. The van der Waals surface area contributed by atoms with Gasteiger partial charge in [-0.15, -0.1) is 0 Å². The van der Waals surface area contributed by atoms with Gasteiger partial charge < -0.3 is 16.2 Å². The van der Waals surface area contributed by atoms with E-state index in [4.69, 9.17) is 16.2 Å². The number of morpholine rings is 1. The molecule has 0 spiro atoms. The fraction of sp³-hybridized carbons (Fsp3) is 0.393. The predicted octanol–water partition coefficient (Wildman–Crippen LogP) is 3.48. The quantitative estimate of drug-likeness (QED) is 0.431.